The molecule has 2 fully saturated rings. The second-order valence-electron chi connectivity index (χ2n) is 9.32. The molecular weight excluding hydrogens is 386 g/mol. The number of carbonyl (C=O) groups is 1. The monoisotopic (exact) mass is 418 g/mol. The molecule has 9 heteroatoms. The maximum absolute atomic E-state index is 12.7. The maximum Gasteiger partial charge on any atom is 0.274 e. The molecule has 2 saturated heterocycles. The van der Waals surface area contributed by atoms with Crippen LogP contribution in [0.3, 0.4) is 0 Å². The summed E-state index contributed by atoms with van der Waals surface area (Å²) in [6.45, 7) is 6.38. The predicted molar refractivity (Wildman–Crippen MR) is 130 cm³/mol. The number of piperidine rings is 1. The Labute approximate surface area is 186 Å². The van der Waals surface area contributed by atoms with E-state index in [1.807, 2.05) is 12.1 Å². The first-order chi connectivity index (χ1) is 14.9. The first-order valence-electron chi connectivity index (χ1n) is 11.4. The summed E-state index contributed by atoms with van der Waals surface area (Å²) in [5, 5.41) is 6.52. The van der Waals surface area contributed by atoms with Crippen molar-refractivity contribution in [3.05, 3.63) is 48.4 Å². The Morgan fingerprint density at radius 3 is 2.68 bits per heavy atom. The molecule has 2 aromatic heterocycles. The fourth-order valence-electron chi connectivity index (χ4n) is 5.14. The zero-order valence-corrected chi connectivity index (χ0v) is 18.8. The van der Waals surface area contributed by atoms with E-state index in [2.05, 4.69) is 48.0 Å². The van der Waals surface area contributed by atoms with E-state index < -0.39 is 0 Å². The molecule has 4 rings (SSSR count). The van der Waals surface area contributed by atoms with Crippen LogP contribution in [0.25, 0.3) is 0 Å². The molecule has 2 aliphatic rings. The van der Waals surface area contributed by atoms with Crippen molar-refractivity contribution >= 4 is 33.1 Å². The third kappa shape index (κ3) is 5.10. The average Bonchev–Trinajstić information content (AvgIpc) is 2.90. The Balaban J connectivity index is 1.50. The Bertz CT molecular complexity index is 891. The van der Waals surface area contributed by atoms with Gasteiger partial charge in [-0.2, -0.15) is 0 Å². The fourth-order valence-corrected chi connectivity index (χ4v) is 5.14. The Morgan fingerprint density at radius 1 is 1.19 bits per heavy atom. The molecule has 0 aliphatic carbocycles. The molecule has 1 atom stereocenters. The zero-order valence-electron chi connectivity index (χ0n) is 18.8. The van der Waals surface area contributed by atoms with Crippen LogP contribution in [0.5, 0.6) is 0 Å². The predicted octanol–water partition coefficient (Wildman–Crippen LogP) is 0.302. The maximum atomic E-state index is 12.7. The average molecular weight is 418 g/mol. The minimum atomic E-state index is -0.201. The summed E-state index contributed by atoms with van der Waals surface area (Å²) in [4.78, 5) is 26.5. The highest BCUT2D eigenvalue weighted by Gasteiger charge is 2.39. The molecule has 4 heterocycles. The molecule has 7 nitrogen and oxygen atoms in total. The largest absolute Gasteiger partial charge is 0.355 e. The van der Waals surface area contributed by atoms with Gasteiger partial charge in [0.05, 0.1) is 0 Å². The van der Waals surface area contributed by atoms with Crippen molar-refractivity contribution in [1.29, 1.82) is 0 Å². The van der Waals surface area contributed by atoms with Gasteiger partial charge < -0.3 is 20.4 Å². The molecule has 0 radical (unpaired) electrons. The molecule has 0 aromatic carbocycles. The van der Waals surface area contributed by atoms with E-state index in [9.17, 15) is 4.79 Å². The number of rotatable bonds is 4. The van der Waals surface area contributed by atoms with Gasteiger partial charge in [0.1, 0.15) is 27.2 Å². The van der Waals surface area contributed by atoms with Gasteiger partial charge in [0, 0.05) is 43.3 Å². The Morgan fingerprint density at radius 2 is 1.94 bits per heavy atom. The van der Waals surface area contributed by atoms with Crippen molar-refractivity contribution in [3.8, 4) is 0 Å². The summed E-state index contributed by atoms with van der Waals surface area (Å²) in [6, 6.07) is 10.3. The van der Waals surface area contributed by atoms with Crippen molar-refractivity contribution in [2.24, 2.45) is 0 Å². The van der Waals surface area contributed by atoms with Crippen LogP contribution in [0.4, 0.5) is 11.5 Å². The normalized spacial score (nSPS) is 22.6. The number of carbonyl (C=O) groups excluding carboxylic acids is 1. The number of pyridine rings is 2. The molecule has 2 aromatic rings. The van der Waals surface area contributed by atoms with E-state index in [0.717, 1.165) is 44.1 Å². The van der Waals surface area contributed by atoms with Gasteiger partial charge in [-0.05, 0) is 68.9 Å². The van der Waals surface area contributed by atoms with Crippen LogP contribution in [0.1, 0.15) is 36.7 Å². The standard InChI is InChI=1S/C22H32B2N6O/c1-16-15-29(14-9-22(23,24)30(16)18-7-12-26-13-8-18)20-4-2-3-19(28-20)21(31)27-17-5-10-25-11-6-17/h2-6,10-11,16,18,26H,7-9,12-15,23-24H2,1H3,(H,25,27,31). The number of hydrogen-bond donors (Lipinski definition) is 2. The molecule has 0 spiro atoms. The van der Waals surface area contributed by atoms with Crippen molar-refractivity contribution in [3.63, 3.8) is 0 Å². The number of nitrogens with zero attached hydrogens (tertiary/aromatic N) is 4. The van der Waals surface area contributed by atoms with Crippen LogP contribution in [0, 0.1) is 0 Å². The zero-order chi connectivity index (χ0) is 21.8. The molecule has 2 aliphatic heterocycles. The molecule has 31 heavy (non-hydrogen) atoms. The topological polar surface area (TPSA) is 73.4 Å². The van der Waals surface area contributed by atoms with Crippen molar-refractivity contribution in [1.82, 2.24) is 20.2 Å². The molecule has 2 N–H and O–H groups in total. The lowest BCUT2D eigenvalue weighted by atomic mass is 9.58. The summed E-state index contributed by atoms with van der Waals surface area (Å²) in [7, 11) is 4.75. The Kier molecular flexibility index (Phi) is 6.62. The molecule has 1 unspecified atom stereocenters. The molecular formula is C22H32B2N6O. The van der Waals surface area contributed by atoms with Crippen molar-refractivity contribution in [2.45, 2.75) is 43.6 Å². The van der Waals surface area contributed by atoms with E-state index in [-0.39, 0.29) is 11.2 Å². The molecule has 0 saturated carbocycles. The van der Waals surface area contributed by atoms with Crippen LogP contribution < -0.4 is 15.5 Å². The van der Waals surface area contributed by atoms with Crippen LogP contribution in [-0.4, -0.2) is 80.1 Å². The number of aromatic nitrogens is 2. The number of anilines is 2. The quantitative estimate of drug-likeness (QED) is 0.697. The second kappa shape index (κ2) is 9.40. The lowest BCUT2D eigenvalue weighted by Gasteiger charge is -2.48. The van der Waals surface area contributed by atoms with Gasteiger partial charge in [0.15, 0.2) is 0 Å². The second-order valence-corrected chi connectivity index (χ2v) is 9.32. The minimum absolute atomic E-state index is 0.131. The Hall–Kier alpha value is -2.38. The van der Waals surface area contributed by atoms with Gasteiger partial charge in [-0.1, -0.05) is 6.07 Å². The lowest BCUT2D eigenvalue weighted by molar-refractivity contribution is 0.0909. The van der Waals surface area contributed by atoms with Crippen LogP contribution in [0.15, 0.2) is 42.7 Å². The van der Waals surface area contributed by atoms with Crippen LogP contribution in [0.2, 0.25) is 0 Å². The number of amides is 1. The van der Waals surface area contributed by atoms with Gasteiger partial charge in [0.25, 0.3) is 5.91 Å². The minimum Gasteiger partial charge on any atom is -0.355 e. The fraction of sp³-hybridized carbons (Fsp3) is 0.500. The molecule has 0 bridgehead atoms. The molecule has 162 valence electrons. The summed E-state index contributed by atoms with van der Waals surface area (Å²) in [5.41, 5.74) is 1.15. The van der Waals surface area contributed by atoms with Crippen LogP contribution >= 0.6 is 0 Å². The lowest BCUT2D eigenvalue weighted by Crippen LogP contribution is -2.60. The van der Waals surface area contributed by atoms with Gasteiger partial charge >= 0.3 is 0 Å². The smallest absolute Gasteiger partial charge is 0.274 e. The third-order valence-corrected chi connectivity index (χ3v) is 6.58. The first-order valence-corrected chi connectivity index (χ1v) is 11.4. The van der Waals surface area contributed by atoms with Gasteiger partial charge in [-0.3, -0.25) is 9.78 Å². The highest BCUT2D eigenvalue weighted by Crippen LogP contribution is 2.29. The number of hydrogen-bond acceptors (Lipinski definition) is 6. The van der Waals surface area contributed by atoms with E-state index in [1.54, 1.807) is 30.6 Å². The molecule has 1 amide bonds. The van der Waals surface area contributed by atoms with Crippen molar-refractivity contribution < 1.29 is 4.79 Å². The van der Waals surface area contributed by atoms with Gasteiger partial charge in [-0.15, -0.1) is 0 Å². The summed E-state index contributed by atoms with van der Waals surface area (Å²) < 4.78 is 0. The van der Waals surface area contributed by atoms with E-state index in [1.165, 1.54) is 12.8 Å². The van der Waals surface area contributed by atoms with Gasteiger partial charge in [-0.25, -0.2) is 4.98 Å². The summed E-state index contributed by atoms with van der Waals surface area (Å²) in [6.07, 6.45) is 6.80. The summed E-state index contributed by atoms with van der Waals surface area (Å²) >= 11 is 0. The van der Waals surface area contributed by atoms with E-state index in [0.29, 0.717) is 17.8 Å². The number of nitrogens with one attached hydrogen (secondary N) is 2. The highest BCUT2D eigenvalue weighted by atomic mass is 16.1. The summed E-state index contributed by atoms with van der Waals surface area (Å²) in [5.74, 6) is 0.671. The SMILES string of the molecule is BC1(B)CCN(c2cccc(C(=O)Nc3ccncc3)n2)CC(C)N1C1CCNCC1. The van der Waals surface area contributed by atoms with E-state index in [4.69, 9.17) is 4.98 Å². The van der Waals surface area contributed by atoms with Crippen LogP contribution in [-0.2, 0) is 0 Å². The van der Waals surface area contributed by atoms with Gasteiger partial charge in [0.2, 0.25) is 0 Å². The highest BCUT2D eigenvalue weighted by molar-refractivity contribution is 6.40. The first kappa shape index (κ1) is 21.8. The van der Waals surface area contributed by atoms with E-state index >= 15 is 0 Å². The van der Waals surface area contributed by atoms with Crippen molar-refractivity contribution in [2.75, 3.05) is 36.4 Å². The third-order valence-electron chi connectivity index (χ3n) is 6.58.